The third-order valence-corrected chi connectivity index (χ3v) is 3.28. The molecular weight excluding hydrogens is 318 g/mol. The minimum atomic E-state index is -0.442. The molecule has 1 aromatic heterocycles. The third kappa shape index (κ3) is 4.32. The molecule has 0 unspecified atom stereocenters. The largest absolute Gasteiger partial charge is 0.495 e. The van der Waals surface area contributed by atoms with Crippen LogP contribution in [0.1, 0.15) is 24.3 Å². The SMILES string of the molecule is COc1ccc(Cl)cc1NC(=O)c1ccc(=O)n(CC(C)C)n1. The van der Waals surface area contributed by atoms with Crippen LogP contribution in [-0.4, -0.2) is 22.8 Å². The van der Waals surface area contributed by atoms with Gasteiger partial charge in [-0.1, -0.05) is 25.4 Å². The van der Waals surface area contributed by atoms with Crippen LogP contribution in [-0.2, 0) is 6.54 Å². The number of anilines is 1. The first-order chi connectivity index (χ1) is 10.9. The summed E-state index contributed by atoms with van der Waals surface area (Å²) in [6, 6.07) is 7.63. The molecule has 7 heteroatoms. The predicted octanol–water partition coefficient (Wildman–Crippen LogP) is 2.81. The van der Waals surface area contributed by atoms with Crippen molar-refractivity contribution in [2.75, 3.05) is 12.4 Å². The summed E-state index contributed by atoms with van der Waals surface area (Å²) in [6.45, 7) is 4.38. The minimum Gasteiger partial charge on any atom is -0.495 e. The van der Waals surface area contributed by atoms with E-state index in [0.717, 1.165) is 0 Å². The van der Waals surface area contributed by atoms with E-state index in [4.69, 9.17) is 16.3 Å². The van der Waals surface area contributed by atoms with Crippen molar-refractivity contribution in [3.63, 3.8) is 0 Å². The van der Waals surface area contributed by atoms with E-state index < -0.39 is 5.91 Å². The van der Waals surface area contributed by atoms with Crippen LogP contribution in [0.25, 0.3) is 0 Å². The molecule has 23 heavy (non-hydrogen) atoms. The molecule has 2 aromatic rings. The molecule has 0 saturated carbocycles. The smallest absolute Gasteiger partial charge is 0.276 e. The third-order valence-electron chi connectivity index (χ3n) is 3.05. The summed E-state index contributed by atoms with van der Waals surface area (Å²) >= 11 is 5.94. The molecule has 1 aromatic carbocycles. The first kappa shape index (κ1) is 17.0. The highest BCUT2D eigenvalue weighted by Gasteiger charge is 2.13. The van der Waals surface area contributed by atoms with Gasteiger partial charge in [-0.3, -0.25) is 9.59 Å². The molecule has 0 aliphatic carbocycles. The number of rotatable bonds is 5. The van der Waals surface area contributed by atoms with Gasteiger partial charge in [0.1, 0.15) is 11.4 Å². The number of benzene rings is 1. The highest BCUT2D eigenvalue weighted by Crippen LogP contribution is 2.27. The first-order valence-corrected chi connectivity index (χ1v) is 7.51. The zero-order valence-corrected chi connectivity index (χ0v) is 13.9. The number of ether oxygens (including phenoxy) is 1. The summed E-state index contributed by atoms with van der Waals surface area (Å²) in [6.07, 6.45) is 0. The maximum absolute atomic E-state index is 12.4. The average molecular weight is 336 g/mol. The van der Waals surface area contributed by atoms with Gasteiger partial charge in [0.15, 0.2) is 0 Å². The molecule has 2 rings (SSSR count). The Morgan fingerprint density at radius 2 is 2.09 bits per heavy atom. The summed E-state index contributed by atoms with van der Waals surface area (Å²) in [5.41, 5.74) is 0.344. The lowest BCUT2D eigenvalue weighted by atomic mass is 10.2. The van der Waals surface area contributed by atoms with Crippen molar-refractivity contribution >= 4 is 23.2 Å². The molecule has 6 nitrogen and oxygen atoms in total. The molecule has 0 aliphatic heterocycles. The van der Waals surface area contributed by atoms with Crippen molar-refractivity contribution in [3.05, 3.63) is 51.4 Å². The second kappa shape index (κ2) is 7.28. The second-order valence-electron chi connectivity index (χ2n) is 5.43. The number of carbonyl (C=O) groups excluding carboxylic acids is 1. The van der Waals surface area contributed by atoms with Gasteiger partial charge in [-0.2, -0.15) is 5.10 Å². The van der Waals surface area contributed by atoms with E-state index >= 15 is 0 Å². The average Bonchev–Trinajstić information content (AvgIpc) is 2.49. The number of nitrogens with zero attached hydrogens (tertiary/aromatic N) is 2. The Morgan fingerprint density at radius 3 is 2.74 bits per heavy atom. The zero-order chi connectivity index (χ0) is 17.0. The maximum Gasteiger partial charge on any atom is 0.276 e. The Hall–Kier alpha value is -2.34. The first-order valence-electron chi connectivity index (χ1n) is 7.13. The van der Waals surface area contributed by atoms with Gasteiger partial charge in [-0.05, 0) is 30.2 Å². The summed E-state index contributed by atoms with van der Waals surface area (Å²) in [7, 11) is 1.50. The Bertz CT molecular complexity index is 771. The topological polar surface area (TPSA) is 73.2 Å². The van der Waals surface area contributed by atoms with Crippen LogP contribution in [0.5, 0.6) is 5.75 Å². The molecule has 0 spiro atoms. The number of methoxy groups -OCH3 is 1. The van der Waals surface area contributed by atoms with Gasteiger partial charge in [-0.25, -0.2) is 4.68 Å². The molecule has 1 N–H and O–H groups in total. The number of hydrogen-bond donors (Lipinski definition) is 1. The summed E-state index contributed by atoms with van der Waals surface area (Å²) < 4.78 is 6.47. The quantitative estimate of drug-likeness (QED) is 0.911. The van der Waals surface area contributed by atoms with Crippen LogP contribution < -0.4 is 15.6 Å². The van der Waals surface area contributed by atoms with Crippen molar-refractivity contribution in [2.24, 2.45) is 5.92 Å². The summed E-state index contributed by atoms with van der Waals surface area (Å²) in [5.74, 6) is 0.285. The van der Waals surface area contributed by atoms with Gasteiger partial charge in [0.2, 0.25) is 0 Å². The Labute approximate surface area is 139 Å². The van der Waals surface area contributed by atoms with Gasteiger partial charge < -0.3 is 10.1 Å². The van der Waals surface area contributed by atoms with Crippen LogP contribution in [0.2, 0.25) is 5.02 Å². The highest BCUT2D eigenvalue weighted by molar-refractivity contribution is 6.31. The second-order valence-corrected chi connectivity index (χ2v) is 5.87. The van der Waals surface area contributed by atoms with E-state index in [2.05, 4.69) is 10.4 Å². The van der Waals surface area contributed by atoms with Crippen LogP contribution in [0.3, 0.4) is 0 Å². The van der Waals surface area contributed by atoms with Gasteiger partial charge in [0.25, 0.3) is 11.5 Å². The lowest BCUT2D eigenvalue weighted by molar-refractivity contribution is 0.101. The van der Waals surface area contributed by atoms with E-state index in [9.17, 15) is 9.59 Å². The zero-order valence-electron chi connectivity index (χ0n) is 13.2. The normalized spacial score (nSPS) is 10.7. The molecule has 0 bridgehead atoms. The molecule has 0 radical (unpaired) electrons. The number of carbonyl (C=O) groups is 1. The molecule has 0 fully saturated rings. The van der Waals surface area contributed by atoms with E-state index in [0.29, 0.717) is 23.0 Å². The van der Waals surface area contributed by atoms with Crippen molar-refractivity contribution in [1.29, 1.82) is 0 Å². The Kier molecular flexibility index (Phi) is 5.39. The van der Waals surface area contributed by atoms with E-state index in [1.54, 1.807) is 18.2 Å². The predicted molar refractivity (Wildman–Crippen MR) is 89.3 cm³/mol. The number of halogens is 1. The molecular formula is C16H18ClN3O3. The number of nitrogens with one attached hydrogen (secondary N) is 1. The van der Waals surface area contributed by atoms with Gasteiger partial charge in [-0.15, -0.1) is 0 Å². The van der Waals surface area contributed by atoms with Crippen molar-refractivity contribution in [1.82, 2.24) is 9.78 Å². The Morgan fingerprint density at radius 1 is 1.35 bits per heavy atom. The van der Waals surface area contributed by atoms with Gasteiger partial charge in [0.05, 0.1) is 12.8 Å². The summed E-state index contributed by atoms with van der Waals surface area (Å²) in [5, 5.41) is 7.27. The highest BCUT2D eigenvalue weighted by atomic mass is 35.5. The van der Waals surface area contributed by atoms with Crippen LogP contribution in [0.15, 0.2) is 35.1 Å². The van der Waals surface area contributed by atoms with E-state index in [-0.39, 0.29) is 17.2 Å². The van der Waals surface area contributed by atoms with E-state index in [1.165, 1.54) is 23.9 Å². The molecule has 0 aliphatic rings. The van der Waals surface area contributed by atoms with Crippen molar-refractivity contribution < 1.29 is 9.53 Å². The number of hydrogen-bond acceptors (Lipinski definition) is 4. The fraction of sp³-hybridized carbons (Fsp3) is 0.312. The van der Waals surface area contributed by atoms with E-state index in [1.807, 2.05) is 13.8 Å². The van der Waals surface area contributed by atoms with Crippen LogP contribution in [0.4, 0.5) is 5.69 Å². The standard InChI is InChI=1S/C16H18ClN3O3/c1-10(2)9-20-15(21)7-5-12(19-20)16(22)18-13-8-11(17)4-6-14(13)23-3/h4-8,10H,9H2,1-3H3,(H,18,22). The fourth-order valence-corrected chi connectivity index (χ4v) is 2.18. The van der Waals surface area contributed by atoms with Crippen molar-refractivity contribution in [2.45, 2.75) is 20.4 Å². The monoisotopic (exact) mass is 335 g/mol. The Balaban J connectivity index is 2.28. The molecule has 1 amide bonds. The molecule has 1 heterocycles. The lowest BCUT2D eigenvalue weighted by Crippen LogP contribution is -2.27. The molecule has 122 valence electrons. The molecule has 0 saturated heterocycles. The molecule has 0 atom stereocenters. The number of amides is 1. The van der Waals surface area contributed by atoms with Gasteiger partial charge >= 0.3 is 0 Å². The van der Waals surface area contributed by atoms with Crippen molar-refractivity contribution in [3.8, 4) is 5.75 Å². The van der Waals surface area contributed by atoms with Crippen LogP contribution >= 0.6 is 11.6 Å². The summed E-state index contributed by atoms with van der Waals surface area (Å²) in [4.78, 5) is 24.1. The fourth-order valence-electron chi connectivity index (χ4n) is 2.01. The van der Waals surface area contributed by atoms with Crippen LogP contribution in [0, 0.1) is 5.92 Å². The van der Waals surface area contributed by atoms with Gasteiger partial charge in [0, 0.05) is 17.6 Å². The lowest BCUT2D eigenvalue weighted by Gasteiger charge is -2.11. The minimum absolute atomic E-state index is 0.146. The maximum atomic E-state index is 12.4. The number of aromatic nitrogens is 2.